The number of hydrogen-bond donors (Lipinski definition) is 0. The van der Waals surface area contributed by atoms with E-state index in [0.29, 0.717) is 28.9 Å². The summed E-state index contributed by atoms with van der Waals surface area (Å²) in [5, 5.41) is 0.445. The fraction of sp³-hybridized carbons (Fsp3) is 0.350. The van der Waals surface area contributed by atoms with Crippen LogP contribution in [0.4, 0.5) is 13.2 Å². The Kier molecular flexibility index (Phi) is 5.54. The standard InChI is InChI=1S/C20H19ClF3N3O2S/c21-15-5-7-16(8-6-15)30(28,29)26-11-9-14(10-12-26)13-27-18-4-2-1-3-17(18)25-19(27)20(22,23)24/h1-8,14H,9-13H2. The highest BCUT2D eigenvalue weighted by Crippen LogP contribution is 2.33. The van der Waals surface area contributed by atoms with Crippen LogP contribution >= 0.6 is 11.6 Å². The first-order valence-electron chi connectivity index (χ1n) is 9.44. The number of fused-ring (bicyclic) bond motifs is 1. The van der Waals surface area contributed by atoms with Crippen molar-refractivity contribution in [3.05, 3.63) is 59.4 Å². The van der Waals surface area contributed by atoms with E-state index in [9.17, 15) is 21.6 Å². The summed E-state index contributed by atoms with van der Waals surface area (Å²) < 4.78 is 68.7. The topological polar surface area (TPSA) is 55.2 Å². The second-order valence-corrected chi connectivity index (χ2v) is 9.71. The molecule has 3 aromatic rings. The van der Waals surface area contributed by atoms with Crippen molar-refractivity contribution in [2.45, 2.75) is 30.5 Å². The third-order valence-electron chi connectivity index (χ3n) is 5.37. The summed E-state index contributed by atoms with van der Waals surface area (Å²) in [5.41, 5.74) is 0.730. The second-order valence-electron chi connectivity index (χ2n) is 7.33. The second kappa shape index (κ2) is 7.86. The third kappa shape index (κ3) is 4.06. The van der Waals surface area contributed by atoms with Gasteiger partial charge in [0.15, 0.2) is 0 Å². The molecular formula is C20H19ClF3N3O2S. The first kappa shape index (κ1) is 21.1. The number of aromatic nitrogens is 2. The monoisotopic (exact) mass is 457 g/mol. The zero-order valence-electron chi connectivity index (χ0n) is 15.8. The molecule has 0 bridgehead atoms. The van der Waals surface area contributed by atoms with E-state index >= 15 is 0 Å². The van der Waals surface area contributed by atoms with E-state index in [1.807, 2.05) is 0 Å². The average Bonchev–Trinajstić information content (AvgIpc) is 3.08. The van der Waals surface area contributed by atoms with Crippen molar-refractivity contribution in [2.24, 2.45) is 5.92 Å². The molecule has 10 heteroatoms. The summed E-state index contributed by atoms with van der Waals surface area (Å²) >= 11 is 5.82. The molecule has 4 rings (SSSR count). The summed E-state index contributed by atoms with van der Waals surface area (Å²) in [6.07, 6.45) is -3.62. The Balaban J connectivity index is 1.51. The number of para-hydroxylation sites is 2. The normalized spacial score (nSPS) is 16.9. The van der Waals surface area contributed by atoms with Crippen molar-refractivity contribution >= 4 is 32.7 Å². The fourth-order valence-corrected chi connectivity index (χ4v) is 5.42. The fourth-order valence-electron chi connectivity index (χ4n) is 3.82. The van der Waals surface area contributed by atoms with Crippen LogP contribution < -0.4 is 0 Å². The lowest BCUT2D eigenvalue weighted by Crippen LogP contribution is -2.39. The molecule has 0 N–H and O–H groups in total. The van der Waals surface area contributed by atoms with Crippen molar-refractivity contribution in [1.29, 1.82) is 0 Å². The molecule has 1 aliphatic heterocycles. The molecular weight excluding hydrogens is 439 g/mol. The smallest absolute Gasteiger partial charge is 0.320 e. The zero-order chi connectivity index (χ0) is 21.5. The van der Waals surface area contributed by atoms with Crippen LogP contribution in [0.1, 0.15) is 18.7 Å². The minimum atomic E-state index is -4.56. The van der Waals surface area contributed by atoms with Crippen molar-refractivity contribution in [2.75, 3.05) is 13.1 Å². The van der Waals surface area contributed by atoms with E-state index in [1.165, 1.54) is 33.1 Å². The first-order chi connectivity index (χ1) is 14.2. The molecule has 1 saturated heterocycles. The minimum absolute atomic E-state index is 0.0830. The van der Waals surface area contributed by atoms with Gasteiger partial charge in [-0.05, 0) is 55.2 Å². The molecule has 0 unspecified atom stereocenters. The molecule has 0 atom stereocenters. The molecule has 0 amide bonds. The number of alkyl halides is 3. The molecule has 1 aliphatic rings. The van der Waals surface area contributed by atoms with E-state index in [2.05, 4.69) is 4.98 Å². The molecule has 1 aromatic heterocycles. The lowest BCUT2D eigenvalue weighted by atomic mass is 9.98. The maximum atomic E-state index is 13.5. The summed E-state index contributed by atoms with van der Waals surface area (Å²) in [4.78, 5) is 3.93. The summed E-state index contributed by atoms with van der Waals surface area (Å²) in [7, 11) is -3.65. The quantitative estimate of drug-likeness (QED) is 0.565. The molecule has 2 aromatic carbocycles. The van der Waals surface area contributed by atoms with Crippen molar-refractivity contribution in [3.63, 3.8) is 0 Å². The van der Waals surface area contributed by atoms with E-state index in [4.69, 9.17) is 11.6 Å². The summed E-state index contributed by atoms with van der Waals surface area (Å²) in [6.45, 7) is 0.650. The van der Waals surface area contributed by atoms with Gasteiger partial charge in [0.2, 0.25) is 15.8 Å². The number of piperidine rings is 1. The highest BCUT2D eigenvalue weighted by molar-refractivity contribution is 7.89. The number of benzene rings is 2. The Morgan fingerprint density at radius 3 is 2.30 bits per heavy atom. The van der Waals surface area contributed by atoms with Gasteiger partial charge in [0.1, 0.15) is 0 Å². The molecule has 30 heavy (non-hydrogen) atoms. The highest BCUT2D eigenvalue weighted by Gasteiger charge is 2.38. The zero-order valence-corrected chi connectivity index (χ0v) is 17.4. The van der Waals surface area contributed by atoms with Gasteiger partial charge < -0.3 is 4.57 Å². The van der Waals surface area contributed by atoms with Gasteiger partial charge in [-0.15, -0.1) is 0 Å². The summed E-state index contributed by atoms with van der Waals surface area (Å²) in [6, 6.07) is 12.5. The van der Waals surface area contributed by atoms with Gasteiger partial charge in [-0.3, -0.25) is 0 Å². The number of sulfonamides is 1. The Hall–Kier alpha value is -2.10. The predicted octanol–water partition coefficient (Wildman–Crippen LogP) is 4.81. The minimum Gasteiger partial charge on any atom is -0.320 e. The molecule has 0 saturated carbocycles. The number of nitrogens with zero attached hydrogens (tertiary/aromatic N) is 3. The van der Waals surface area contributed by atoms with Gasteiger partial charge in [-0.2, -0.15) is 17.5 Å². The van der Waals surface area contributed by atoms with Gasteiger partial charge in [0.25, 0.3) is 0 Å². The maximum Gasteiger partial charge on any atom is 0.449 e. The van der Waals surface area contributed by atoms with Crippen LogP contribution in [-0.2, 0) is 22.7 Å². The number of rotatable bonds is 4. The largest absolute Gasteiger partial charge is 0.449 e. The van der Waals surface area contributed by atoms with Crippen LogP contribution in [-0.4, -0.2) is 35.4 Å². The number of halogens is 4. The van der Waals surface area contributed by atoms with Gasteiger partial charge in [-0.25, -0.2) is 13.4 Å². The first-order valence-corrected chi connectivity index (χ1v) is 11.3. The van der Waals surface area contributed by atoms with Crippen LogP contribution in [0.2, 0.25) is 5.02 Å². The Bertz CT molecular complexity index is 1150. The predicted molar refractivity (Wildman–Crippen MR) is 108 cm³/mol. The molecule has 0 radical (unpaired) electrons. The summed E-state index contributed by atoms with van der Waals surface area (Å²) in [5.74, 6) is -1.000. The van der Waals surface area contributed by atoms with E-state index in [1.54, 1.807) is 24.3 Å². The number of hydrogen-bond acceptors (Lipinski definition) is 3. The van der Waals surface area contributed by atoms with Crippen molar-refractivity contribution in [3.8, 4) is 0 Å². The lowest BCUT2D eigenvalue weighted by Gasteiger charge is -2.31. The van der Waals surface area contributed by atoms with Gasteiger partial charge in [0.05, 0.1) is 15.9 Å². The highest BCUT2D eigenvalue weighted by atomic mass is 35.5. The maximum absolute atomic E-state index is 13.5. The van der Waals surface area contributed by atoms with Crippen molar-refractivity contribution in [1.82, 2.24) is 13.9 Å². The van der Waals surface area contributed by atoms with Gasteiger partial charge in [-0.1, -0.05) is 23.7 Å². The molecule has 5 nitrogen and oxygen atoms in total. The van der Waals surface area contributed by atoms with Gasteiger partial charge in [0, 0.05) is 24.7 Å². The Morgan fingerprint density at radius 1 is 1.03 bits per heavy atom. The molecule has 1 fully saturated rings. The number of imidazole rings is 1. The molecule has 160 valence electrons. The van der Waals surface area contributed by atoms with E-state index in [-0.39, 0.29) is 30.4 Å². The third-order valence-corrected chi connectivity index (χ3v) is 7.54. The Morgan fingerprint density at radius 2 is 1.67 bits per heavy atom. The van der Waals surface area contributed by atoms with Crippen LogP contribution in [0.3, 0.4) is 0 Å². The average molecular weight is 458 g/mol. The molecule has 0 aliphatic carbocycles. The van der Waals surface area contributed by atoms with Crippen LogP contribution in [0.25, 0.3) is 11.0 Å². The van der Waals surface area contributed by atoms with Crippen LogP contribution in [0.15, 0.2) is 53.4 Å². The van der Waals surface area contributed by atoms with Gasteiger partial charge >= 0.3 is 6.18 Å². The van der Waals surface area contributed by atoms with Crippen LogP contribution in [0.5, 0.6) is 0 Å². The van der Waals surface area contributed by atoms with E-state index in [0.717, 1.165) is 0 Å². The van der Waals surface area contributed by atoms with Crippen molar-refractivity contribution < 1.29 is 21.6 Å². The Labute approximate surface area is 177 Å². The van der Waals surface area contributed by atoms with E-state index < -0.39 is 22.0 Å². The molecule has 2 heterocycles. The van der Waals surface area contributed by atoms with Crippen LogP contribution in [0, 0.1) is 5.92 Å². The molecule has 0 spiro atoms. The lowest BCUT2D eigenvalue weighted by molar-refractivity contribution is -0.147. The SMILES string of the molecule is O=S(=O)(c1ccc(Cl)cc1)N1CCC(Cn2c(C(F)(F)F)nc3ccccc32)CC1.